The van der Waals surface area contributed by atoms with Crippen molar-refractivity contribution in [3.05, 3.63) is 63.9 Å². The molecule has 9 heteroatoms. The van der Waals surface area contributed by atoms with Crippen LogP contribution in [0, 0.1) is 23.1 Å². The van der Waals surface area contributed by atoms with Crippen molar-refractivity contribution in [2.45, 2.75) is 37.9 Å². The van der Waals surface area contributed by atoms with Crippen molar-refractivity contribution in [3.8, 4) is 6.07 Å². The predicted octanol–water partition coefficient (Wildman–Crippen LogP) is 5.81. The molecule has 2 unspecified atom stereocenters. The van der Waals surface area contributed by atoms with Crippen LogP contribution in [0.25, 0.3) is 0 Å². The van der Waals surface area contributed by atoms with Gasteiger partial charge in [0.25, 0.3) is 0 Å². The van der Waals surface area contributed by atoms with Gasteiger partial charge in [0.1, 0.15) is 11.5 Å². The Kier molecular flexibility index (Phi) is 7.11. The zero-order valence-electron chi connectivity index (χ0n) is 16.2. The SMILES string of the molecule is N#Cc1cccc(CC2CCC(C(=O)Nc3ccc(Br)cc3F)CC(C(F)(F)F)=N2)c1. The number of carbonyl (C=O) groups excluding carboxylic acids is 1. The summed E-state index contributed by atoms with van der Waals surface area (Å²) in [4.78, 5) is 16.5. The van der Waals surface area contributed by atoms with Gasteiger partial charge in [-0.25, -0.2) is 4.39 Å². The molecule has 2 aromatic rings. The molecule has 0 radical (unpaired) electrons. The van der Waals surface area contributed by atoms with Crippen LogP contribution in [0.15, 0.2) is 51.9 Å². The molecule has 0 aromatic heterocycles. The Labute approximate surface area is 185 Å². The van der Waals surface area contributed by atoms with E-state index in [4.69, 9.17) is 5.26 Å². The monoisotopic (exact) mass is 495 g/mol. The van der Waals surface area contributed by atoms with E-state index in [0.717, 1.165) is 6.07 Å². The first-order valence-electron chi connectivity index (χ1n) is 9.54. The van der Waals surface area contributed by atoms with E-state index in [1.165, 1.54) is 12.1 Å². The van der Waals surface area contributed by atoms with Crippen LogP contribution in [0.3, 0.4) is 0 Å². The summed E-state index contributed by atoms with van der Waals surface area (Å²) >= 11 is 3.11. The molecule has 0 saturated carbocycles. The fraction of sp³-hybridized carbons (Fsp3) is 0.318. The Morgan fingerprint density at radius 2 is 2.00 bits per heavy atom. The Morgan fingerprint density at radius 1 is 1.23 bits per heavy atom. The van der Waals surface area contributed by atoms with Crippen LogP contribution >= 0.6 is 15.9 Å². The van der Waals surface area contributed by atoms with Gasteiger partial charge in [0.2, 0.25) is 5.91 Å². The van der Waals surface area contributed by atoms with Crippen LogP contribution in [0.5, 0.6) is 0 Å². The molecule has 1 amide bonds. The van der Waals surface area contributed by atoms with Gasteiger partial charge in [-0.1, -0.05) is 28.1 Å². The molecule has 2 aromatic carbocycles. The molecule has 0 spiro atoms. The Hall–Kier alpha value is -2.73. The zero-order chi connectivity index (χ0) is 22.6. The lowest BCUT2D eigenvalue weighted by atomic mass is 9.93. The van der Waals surface area contributed by atoms with Crippen LogP contribution in [0.1, 0.15) is 30.4 Å². The maximum Gasteiger partial charge on any atom is 0.429 e. The summed E-state index contributed by atoms with van der Waals surface area (Å²) in [6.07, 6.45) is -4.57. The van der Waals surface area contributed by atoms with Crippen LogP contribution < -0.4 is 5.32 Å². The second kappa shape index (κ2) is 9.60. The van der Waals surface area contributed by atoms with Crippen LogP contribution in [0.2, 0.25) is 0 Å². The molecule has 1 heterocycles. The number of amides is 1. The van der Waals surface area contributed by atoms with Gasteiger partial charge in [-0.15, -0.1) is 0 Å². The van der Waals surface area contributed by atoms with E-state index < -0.39 is 42.0 Å². The summed E-state index contributed by atoms with van der Waals surface area (Å²) in [5.74, 6) is -2.35. The number of anilines is 1. The normalized spacial score (nSPS) is 19.2. The first-order chi connectivity index (χ1) is 14.7. The molecule has 3 rings (SSSR count). The lowest BCUT2D eigenvalue weighted by molar-refractivity contribution is -0.120. The van der Waals surface area contributed by atoms with Crippen molar-refractivity contribution in [1.29, 1.82) is 5.26 Å². The quantitative estimate of drug-likeness (QED) is 0.543. The Bertz CT molecular complexity index is 1050. The van der Waals surface area contributed by atoms with Gasteiger partial charge >= 0.3 is 6.18 Å². The van der Waals surface area contributed by atoms with E-state index in [-0.39, 0.29) is 24.9 Å². The summed E-state index contributed by atoms with van der Waals surface area (Å²) in [6.45, 7) is 0. The number of nitriles is 1. The maximum atomic E-state index is 14.0. The summed E-state index contributed by atoms with van der Waals surface area (Å²) in [5.41, 5.74) is 0.0322. The van der Waals surface area contributed by atoms with E-state index in [2.05, 4.69) is 26.2 Å². The van der Waals surface area contributed by atoms with Crippen LogP contribution in [-0.4, -0.2) is 23.8 Å². The summed E-state index contributed by atoms with van der Waals surface area (Å²) < 4.78 is 55.2. The maximum absolute atomic E-state index is 14.0. The molecular formula is C22H18BrF4N3O. The third-order valence-electron chi connectivity index (χ3n) is 5.04. The van der Waals surface area contributed by atoms with E-state index in [1.807, 2.05) is 6.07 Å². The molecule has 0 saturated heterocycles. The van der Waals surface area contributed by atoms with Crippen LogP contribution in [-0.2, 0) is 11.2 Å². The highest BCUT2D eigenvalue weighted by atomic mass is 79.9. The van der Waals surface area contributed by atoms with Crippen molar-refractivity contribution in [1.82, 2.24) is 0 Å². The van der Waals surface area contributed by atoms with Gasteiger partial charge < -0.3 is 5.32 Å². The molecule has 4 nitrogen and oxygen atoms in total. The lowest BCUT2D eigenvalue weighted by Crippen LogP contribution is -2.30. The first-order valence-corrected chi connectivity index (χ1v) is 10.3. The topological polar surface area (TPSA) is 65.2 Å². The minimum Gasteiger partial charge on any atom is -0.323 e. The zero-order valence-corrected chi connectivity index (χ0v) is 17.8. The van der Waals surface area contributed by atoms with Crippen LogP contribution in [0.4, 0.5) is 23.2 Å². The smallest absolute Gasteiger partial charge is 0.323 e. The van der Waals surface area contributed by atoms with Gasteiger partial charge in [-0.2, -0.15) is 18.4 Å². The predicted molar refractivity (Wildman–Crippen MR) is 112 cm³/mol. The highest BCUT2D eigenvalue weighted by Gasteiger charge is 2.40. The Morgan fingerprint density at radius 3 is 2.68 bits per heavy atom. The van der Waals surface area contributed by atoms with E-state index in [1.54, 1.807) is 24.3 Å². The average Bonchev–Trinajstić information content (AvgIpc) is 2.93. The van der Waals surface area contributed by atoms with Gasteiger partial charge in [-0.3, -0.25) is 9.79 Å². The number of aliphatic imine (C=N–C) groups is 1. The van der Waals surface area contributed by atoms with Gasteiger partial charge in [0, 0.05) is 16.8 Å². The third kappa shape index (κ3) is 6.14. The molecule has 1 N–H and O–H groups in total. The minimum atomic E-state index is -4.67. The number of carbonyl (C=O) groups is 1. The molecule has 0 bridgehead atoms. The number of hydrogen-bond acceptors (Lipinski definition) is 3. The highest BCUT2D eigenvalue weighted by molar-refractivity contribution is 9.10. The van der Waals surface area contributed by atoms with Crippen molar-refractivity contribution in [2.24, 2.45) is 10.9 Å². The highest BCUT2D eigenvalue weighted by Crippen LogP contribution is 2.31. The Balaban J connectivity index is 1.78. The number of benzene rings is 2. The van der Waals surface area contributed by atoms with E-state index in [0.29, 0.717) is 15.6 Å². The summed E-state index contributed by atoms with van der Waals surface area (Å²) in [7, 11) is 0. The number of nitrogens with zero attached hydrogens (tertiary/aromatic N) is 2. The van der Waals surface area contributed by atoms with E-state index >= 15 is 0 Å². The van der Waals surface area contributed by atoms with Gasteiger partial charge in [0.15, 0.2) is 0 Å². The summed E-state index contributed by atoms with van der Waals surface area (Å²) in [5, 5.41) is 11.4. The second-order valence-electron chi connectivity index (χ2n) is 7.34. The van der Waals surface area contributed by atoms with Crippen molar-refractivity contribution in [2.75, 3.05) is 5.32 Å². The molecule has 0 aliphatic carbocycles. The molecule has 1 aliphatic heterocycles. The fourth-order valence-electron chi connectivity index (χ4n) is 3.49. The minimum absolute atomic E-state index is 0.0900. The van der Waals surface area contributed by atoms with Gasteiger partial charge in [-0.05, 0) is 55.2 Å². The number of halogens is 5. The standard InChI is InChI=1S/C22H18BrF4N3O/c23-16-5-7-19(18(24)11-16)30-21(31)15-4-6-17(29-20(10-15)22(25,26)27)9-13-2-1-3-14(8-13)12-28/h1-3,5,7-8,11,15,17H,4,6,9-10H2,(H,30,31). The molecular weight excluding hydrogens is 478 g/mol. The number of rotatable bonds is 4. The number of hydrogen-bond donors (Lipinski definition) is 1. The number of nitrogens with one attached hydrogen (secondary N) is 1. The molecule has 0 fully saturated rings. The summed E-state index contributed by atoms with van der Waals surface area (Å²) in [6, 6.07) is 12.0. The van der Waals surface area contributed by atoms with E-state index in [9.17, 15) is 22.4 Å². The molecule has 1 aliphatic rings. The second-order valence-corrected chi connectivity index (χ2v) is 8.25. The molecule has 2 atom stereocenters. The largest absolute Gasteiger partial charge is 0.429 e. The van der Waals surface area contributed by atoms with Crippen molar-refractivity contribution in [3.63, 3.8) is 0 Å². The lowest BCUT2D eigenvalue weighted by Gasteiger charge is -2.17. The van der Waals surface area contributed by atoms with Gasteiger partial charge in [0.05, 0.1) is 23.4 Å². The van der Waals surface area contributed by atoms with Crippen molar-refractivity contribution < 1.29 is 22.4 Å². The molecule has 31 heavy (non-hydrogen) atoms. The number of alkyl halides is 3. The molecule has 162 valence electrons. The average molecular weight is 496 g/mol. The third-order valence-corrected chi connectivity index (χ3v) is 5.53. The fourth-order valence-corrected chi connectivity index (χ4v) is 3.83. The first kappa shape index (κ1) is 22.9. The van der Waals surface area contributed by atoms with Crippen molar-refractivity contribution >= 4 is 33.2 Å².